The van der Waals surface area contributed by atoms with E-state index in [0.29, 0.717) is 18.1 Å². The lowest BCUT2D eigenvalue weighted by molar-refractivity contribution is 0.561. The number of hydrazine groups is 1. The summed E-state index contributed by atoms with van der Waals surface area (Å²) in [5, 5.41) is 3.15. The summed E-state index contributed by atoms with van der Waals surface area (Å²) >= 11 is 0. The molecule has 0 saturated carbocycles. The van der Waals surface area contributed by atoms with Crippen molar-refractivity contribution in [1.82, 2.24) is 9.97 Å². The van der Waals surface area contributed by atoms with E-state index in [2.05, 4.69) is 20.7 Å². The van der Waals surface area contributed by atoms with E-state index in [1.165, 1.54) is 6.33 Å². The summed E-state index contributed by atoms with van der Waals surface area (Å²) in [4.78, 5) is 8.09. The molecule has 0 aliphatic carbocycles. The molecule has 1 aromatic rings. The van der Waals surface area contributed by atoms with Gasteiger partial charge in [0, 0.05) is 11.6 Å². The van der Waals surface area contributed by atoms with E-state index in [1.807, 2.05) is 6.92 Å². The summed E-state index contributed by atoms with van der Waals surface area (Å²) in [6.07, 6.45) is 2.90. The zero-order valence-electron chi connectivity index (χ0n) is 10.2. The van der Waals surface area contributed by atoms with Crippen LogP contribution < -0.4 is 16.6 Å². The molecule has 1 atom stereocenters. The van der Waals surface area contributed by atoms with Gasteiger partial charge in [0.05, 0.1) is 11.5 Å². The first-order valence-corrected chi connectivity index (χ1v) is 7.59. The Morgan fingerprint density at radius 3 is 2.78 bits per heavy atom. The van der Waals surface area contributed by atoms with Crippen LogP contribution in [0.3, 0.4) is 0 Å². The minimum atomic E-state index is -2.93. The Kier molecular flexibility index (Phi) is 3.67. The molecule has 1 saturated heterocycles. The summed E-state index contributed by atoms with van der Waals surface area (Å²) in [5.74, 6) is 6.93. The number of nitrogens with one attached hydrogen (secondary N) is 2. The van der Waals surface area contributed by atoms with Crippen molar-refractivity contribution in [2.75, 3.05) is 22.2 Å². The van der Waals surface area contributed by atoms with Crippen LogP contribution in [0.4, 0.5) is 11.6 Å². The molecule has 4 N–H and O–H groups in total. The summed E-state index contributed by atoms with van der Waals surface area (Å²) in [5.41, 5.74) is 3.26. The van der Waals surface area contributed by atoms with Gasteiger partial charge in [-0.05, 0) is 19.8 Å². The molecule has 1 aliphatic heterocycles. The van der Waals surface area contributed by atoms with Crippen molar-refractivity contribution >= 4 is 21.5 Å². The fraction of sp³-hybridized carbons (Fsp3) is 0.600. The summed E-state index contributed by atoms with van der Waals surface area (Å²) in [6, 6.07) is -0.0945. The lowest BCUT2D eigenvalue weighted by Crippen LogP contribution is -2.35. The Morgan fingerprint density at radius 2 is 2.11 bits per heavy atom. The minimum absolute atomic E-state index is 0.0945. The summed E-state index contributed by atoms with van der Waals surface area (Å²) in [6.45, 7) is 1.83. The van der Waals surface area contributed by atoms with Crippen molar-refractivity contribution in [3.05, 3.63) is 11.9 Å². The van der Waals surface area contributed by atoms with Gasteiger partial charge in [0.1, 0.15) is 18.0 Å². The van der Waals surface area contributed by atoms with Gasteiger partial charge in [-0.3, -0.25) is 0 Å². The third-order valence-corrected chi connectivity index (χ3v) is 4.85. The number of sulfone groups is 1. The average Bonchev–Trinajstić information content (AvgIpc) is 2.31. The molecule has 2 heterocycles. The molecule has 1 unspecified atom stereocenters. The third kappa shape index (κ3) is 2.88. The van der Waals surface area contributed by atoms with Crippen LogP contribution in [0.5, 0.6) is 0 Å². The number of aromatic nitrogens is 2. The van der Waals surface area contributed by atoms with E-state index in [1.54, 1.807) is 0 Å². The highest BCUT2D eigenvalue weighted by molar-refractivity contribution is 7.91. The van der Waals surface area contributed by atoms with Gasteiger partial charge < -0.3 is 10.7 Å². The molecular weight excluding hydrogens is 254 g/mol. The zero-order chi connectivity index (χ0) is 13.2. The molecule has 1 fully saturated rings. The Morgan fingerprint density at radius 1 is 1.39 bits per heavy atom. The van der Waals surface area contributed by atoms with Crippen molar-refractivity contribution in [1.29, 1.82) is 0 Å². The van der Waals surface area contributed by atoms with Gasteiger partial charge in [-0.2, -0.15) is 0 Å². The van der Waals surface area contributed by atoms with Crippen LogP contribution in [0, 0.1) is 6.92 Å². The molecule has 8 heteroatoms. The van der Waals surface area contributed by atoms with Gasteiger partial charge in [-0.25, -0.2) is 24.2 Å². The van der Waals surface area contributed by atoms with Crippen molar-refractivity contribution in [3.63, 3.8) is 0 Å². The van der Waals surface area contributed by atoms with Gasteiger partial charge in [0.15, 0.2) is 9.84 Å². The quantitative estimate of drug-likeness (QED) is 0.526. The van der Waals surface area contributed by atoms with E-state index in [-0.39, 0.29) is 17.5 Å². The lowest BCUT2D eigenvalue weighted by atomic mass is 10.2. The van der Waals surface area contributed by atoms with Crippen molar-refractivity contribution in [2.24, 2.45) is 5.84 Å². The zero-order valence-corrected chi connectivity index (χ0v) is 11.0. The third-order valence-electron chi connectivity index (χ3n) is 3.02. The van der Waals surface area contributed by atoms with E-state index in [0.717, 1.165) is 12.0 Å². The molecule has 1 aromatic heterocycles. The fourth-order valence-electron chi connectivity index (χ4n) is 2.07. The first-order chi connectivity index (χ1) is 8.52. The van der Waals surface area contributed by atoms with Crippen molar-refractivity contribution in [3.8, 4) is 0 Å². The van der Waals surface area contributed by atoms with Gasteiger partial charge in [-0.15, -0.1) is 0 Å². The Hall–Kier alpha value is -1.41. The molecular formula is C10H17N5O2S. The summed E-state index contributed by atoms with van der Waals surface area (Å²) < 4.78 is 23.1. The van der Waals surface area contributed by atoms with Crippen LogP contribution in [-0.2, 0) is 9.84 Å². The molecule has 7 nitrogen and oxygen atoms in total. The number of nitrogen functional groups attached to an aromatic ring is 1. The number of rotatable bonds is 3. The van der Waals surface area contributed by atoms with Crippen molar-refractivity contribution < 1.29 is 8.42 Å². The molecule has 0 radical (unpaired) electrons. The second-order valence-corrected chi connectivity index (χ2v) is 6.67. The van der Waals surface area contributed by atoms with E-state index in [9.17, 15) is 8.42 Å². The summed E-state index contributed by atoms with van der Waals surface area (Å²) in [7, 11) is -2.93. The highest BCUT2D eigenvalue weighted by Gasteiger charge is 2.25. The van der Waals surface area contributed by atoms with Gasteiger partial charge in [0.25, 0.3) is 0 Å². The van der Waals surface area contributed by atoms with Gasteiger partial charge >= 0.3 is 0 Å². The maximum Gasteiger partial charge on any atom is 0.152 e. The van der Waals surface area contributed by atoms with Crippen LogP contribution in [-0.4, -0.2) is 35.9 Å². The van der Waals surface area contributed by atoms with Crippen LogP contribution in [0.25, 0.3) is 0 Å². The molecule has 100 valence electrons. The smallest absolute Gasteiger partial charge is 0.152 e. The SMILES string of the molecule is Cc1c(NN)ncnc1NC1CCCS(=O)(=O)C1. The number of hydrogen-bond acceptors (Lipinski definition) is 7. The van der Waals surface area contributed by atoms with Crippen LogP contribution >= 0.6 is 0 Å². The second kappa shape index (κ2) is 5.07. The normalized spacial score (nSPS) is 22.4. The highest BCUT2D eigenvalue weighted by atomic mass is 32.2. The predicted molar refractivity (Wildman–Crippen MR) is 69.9 cm³/mol. The predicted octanol–water partition coefficient (Wildman–Crippen LogP) is 0.0597. The highest BCUT2D eigenvalue weighted by Crippen LogP contribution is 2.21. The number of anilines is 2. The van der Waals surface area contributed by atoms with Crippen molar-refractivity contribution in [2.45, 2.75) is 25.8 Å². The lowest BCUT2D eigenvalue weighted by Gasteiger charge is -2.24. The Labute approximate surface area is 106 Å². The Balaban J connectivity index is 2.14. The molecule has 1 aliphatic rings. The first kappa shape index (κ1) is 13.0. The maximum absolute atomic E-state index is 11.6. The second-order valence-electron chi connectivity index (χ2n) is 4.44. The average molecular weight is 271 g/mol. The largest absolute Gasteiger partial charge is 0.366 e. The van der Waals surface area contributed by atoms with E-state index in [4.69, 9.17) is 5.84 Å². The van der Waals surface area contributed by atoms with Crippen LogP contribution in [0.2, 0.25) is 0 Å². The maximum atomic E-state index is 11.6. The Bertz CT molecular complexity index is 531. The van der Waals surface area contributed by atoms with E-state index < -0.39 is 9.84 Å². The van der Waals surface area contributed by atoms with Gasteiger partial charge in [0.2, 0.25) is 0 Å². The number of nitrogens with two attached hydrogens (primary N) is 1. The monoisotopic (exact) mass is 271 g/mol. The number of nitrogens with zero attached hydrogens (tertiary/aromatic N) is 2. The molecule has 18 heavy (non-hydrogen) atoms. The van der Waals surface area contributed by atoms with Crippen LogP contribution in [0.1, 0.15) is 18.4 Å². The molecule has 0 aromatic carbocycles. The van der Waals surface area contributed by atoms with E-state index >= 15 is 0 Å². The minimum Gasteiger partial charge on any atom is -0.366 e. The number of hydrogen-bond donors (Lipinski definition) is 3. The molecule has 0 amide bonds. The molecule has 0 bridgehead atoms. The van der Waals surface area contributed by atoms with Crippen LogP contribution in [0.15, 0.2) is 6.33 Å². The molecule has 0 spiro atoms. The standard InChI is InChI=1S/C10H17N5O2S/c1-7-9(12-6-13-10(7)15-11)14-8-3-2-4-18(16,17)5-8/h6,8H,2-5,11H2,1H3,(H2,12,13,14,15). The van der Waals surface area contributed by atoms with Gasteiger partial charge in [-0.1, -0.05) is 0 Å². The molecule has 2 rings (SSSR count). The first-order valence-electron chi connectivity index (χ1n) is 5.77. The topological polar surface area (TPSA) is 110 Å². The fourth-order valence-corrected chi connectivity index (χ4v) is 3.71.